The van der Waals surface area contributed by atoms with Crippen LogP contribution in [-0.2, 0) is 0 Å². The van der Waals surface area contributed by atoms with E-state index in [-0.39, 0.29) is 5.82 Å². The molecule has 0 unspecified atom stereocenters. The highest BCUT2D eigenvalue weighted by Gasteiger charge is 2.22. The first-order valence-electron chi connectivity index (χ1n) is 8.18. The van der Waals surface area contributed by atoms with Gasteiger partial charge in [-0.15, -0.1) is 0 Å². The molecule has 1 fully saturated rings. The Morgan fingerprint density at radius 2 is 2.17 bits per heavy atom. The van der Waals surface area contributed by atoms with Crippen LogP contribution in [0.15, 0.2) is 42.9 Å². The SMILES string of the molecule is Fc1ccccc1OCCCN1CCC[C@H](c2cnccn2)C1. The number of piperidine rings is 1. The molecule has 2 heterocycles. The third-order valence-corrected chi connectivity index (χ3v) is 4.22. The van der Waals surface area contributed by atoms with Crippen molar-refractivity contribution in [1.29, 1.82) is 0 Å². The molecule has 1 atom stereocenters. The fourth-order valence-corrected chi connectivity index (χ4v) is 3.05. The van der Waals surface area contributed by atoms with E-state index in [4.69, 9.17) is 4.74 Å². The molecular weight excluding hydrogens is 293 g/mol. The first-order chi connectivity index (χ1) is 11.3. The number of benzene rings is 1. The number of aromatic nitrogens is 2. The standard InChI is InChI=1S/C18H22FN3O/c19-16-6-1-2-7-18(16)23-12-4-11-22-10-3-5-15(14-22)17-13-20-8-9-21-17/h1-2,6-9,13,15H,3-5,10-12,14H2/t15-/m0/s1. The Kier molecular flexibility index (Phi) is 5.53. The monoisotopic (exact) mass is 315 g/mol. The highest BCUT2D eigenvalue weighted by Crippen LogP contribution is 2.25. The molecule has 0 spiro atoms. The van der Waals surface area contributed by atoms with Crippen LogP contribution in [0.25, 0.3) is 0 Å². The predicted molar refractivity (Wildman–Crippen MR) is 87.0 cm³/mol. The maximum atomic E-state index is 13.5. The summed E-state index contributed by atoms with van der Waals surface area (Å²) in [5.74, 6) is 0.502. The lowest BCUT2D eigenvalue weighted by Crippen LogP contribution is -2.35. The number of rotatable bonds is 6. The molecule has 5 heteroatoms. The largest absolute Gasteiger partial charge is 0.490 e. The van der Waals surface area contributed by atoms with Crippen molar-refractivity contribution >= 4 is 0 Å². The average Bonchev–Trinajstić information content (AvgIpc) is 2.61. The zero-order valence-corrected chi connectivity index (χ0v) is 13.2. The van der Waals surface area contributed by atoms with Crippen molar-refractivity contribution in [1.82, 2.24) is 14.9 Å². The Hall–Kier alpha value is -2.01. The van der Waals surface area contributed by atoms with E-state index in [0.717, 1.165) is 31.7 Å². The maximum absolute atomic E-state index is 13.5. The van der Waals surface area contributed by atoms with Crippen molar-refractivity contribution in [2.75, 3.05) is 26.2 Å². The number of nitrogens with zero attached hydrogens (tertiary/aromatic N) is 3. The quantitative estimate of drug-likeness (QED) is 0.767. The lowest BCUT2D eigenvalue weighted by molar-refractivity contribution is 0.186. The molecule has 1 aromatic heterocycles. The minimum Gasteiger partial charge on any atom is -0.490 e. The summed E-state index contributed by atoms with van der Waals surface area (Å²) in [6.45, 7) is 3.62. The van der Waals surface area contributed by atoms with Gasteiger partial charge in [0, 0.05) is 37.6 Å². The molecule has 0 N–H and O–H groups in total. The Labute approximate surface area is 136 Å². The minimum absolute atomic E-state index is 0.298. The number of para-hydroxylation sites is 1. The van der Waals surface area contributed by atoms with Crippen LogP contribution < -0.4 is 4.74 Å². The summed E-state index contributed by atoms with van der Waals surface area (Å²) in [6, 6.07) is 6.54. The Bertz CT molecular complexity index is 608. The van der Waals surface area contributed by atoms with Crippen LogP contribution in [0.5, 0.6) is 5.75 Å². The highest BCUT2D eigenvalue weighted by molar-refractivity contribution is 5.23. The van der Waals surface area contributed by atoms with E-state index in [2.05, 4.69) is 14.9 Å². The molecule has 1 aromatic carbocycles. The second kappa shape index (κ2) is 8.02. The van der Waals surface area contributed by atoms with Gasteiger partial charge in [0.2, 0.25) is 0 Å². The fourth-order valence-electron chi connectivity index (χ4n) is 3.05. The van der Waals surface area contributed by atoms with E-state index in [9.17, 15) is 4.39 Å². The van der Waals surface area contributed by atoms with Gasteiger partial charge in [-0.3, -0.25) is 9.97 Å². The summed E-state index contributed by atoms with van der Waals surface area (Å²) in [5.41, 5.74) is 1.08. The van der Waals surface area contributed by atoms with Gasteiger partial charge in [0.15, 0.2) is 11.6 Å². The molecule has 3 rings (SSSR count). The van der Waals surface area contributed by atoms with Crippen LogP contribution >= 0.6 is 0 Å². The zero-order valence-electron chi connectivity index (χ0n) is 13.2. The van der Waals surface area contributed by atoms with Gasteiger partial charge >= 0.3 is 0 Å². The van der Waals surface area contributed by atoms with Crippen LogP contribution in [0.4, 0.5) is 4.39 Å². The van der Waals surface area contributed by atoms with E-state index in [1.54, 1.807) is 30.6 Å². The topological polar surface area (TPSA) is 38.2 Å². The molecule has 0 radical (unpaired) electrons. The highest BCUT2D eigenvalue weighted by atomic mass is 19.1. The molecule has 0 amide bonds. The Morgan fingerprint density at radius 3 is 3.00 bits per heavy atom. The lowest BCUT2D eigenvalue weighted by Gasteiger charge is -2.32. The molecule has 0 bridgehead atoms. The van der Waals surface area contributed by atoms with Gasteiger partial charge < -0.3 is 9.64 Å². The van der Waals surface area contributed by atoms with Gasteiger partial charge in [0.1, 0.15) is 0 Å². The Morgan fingerprint density at radius 1 is 1.26 bits per heavy atom. The van der Waals surface area contributed by atoms with Crippen LogP contribution in [0.3, 0.4) is 0 Å². The van der Waals surface area contributed by atoms with Gasteiger partial charge in [-0.05, 0) is 37.9 Å². The van der Waals surface area contributed by atoms with E-state index in [1.165, 1.54) is 18.9 Å². The van der Waals surface area contributed by atoms with Gasteiger partial charge in [0.05, 0.1) is 12.3 Å². The van der Waals surface area contributed by atoms with Crippen LogP contribution in [0.1, 0.15) is 30.9 Å². The number of hydrogen-bond donors (Lipinski definition) is 0. The van der Waals surface area contributed by atoms with Gasteiger partial charge in [-0.25, -0.2) is 4.39 Å². The average molecular weight is 315 g/mol. The van der Waals surface area contributed by atoms with E-state index >= 15 is 0 Å². The molecule has 1 saturated heterocycles. The molecule has 0 aliphatic carbocycles. The first-order valence-corrected chi connectivity index (χ1v) is 8.18. The molecule has 2 aromatic rings. The summed E-state index contributed by atoms with van der Waals surface area (Å²) in [7, 11) is 0. The summed E-state index contributed by atoms with van der Waals surface area (Å²) in [4.78, 5) is 11.0. The van der Waals surface area contributed by atoms with Crippen molar-refractivity contribution in [3.05, 3.63) is 54.4 Å². The number of likely N-dealkylation sites (tertiary alicyclic amines) is 1. The summed E-state index contributed by atoms with van der Waals surface area (Å²) in [6.07, 6.45) is 8.58. The fraction of sp³-hybridized carbons (Fsp3) is 0.444. The van der Waals surface area contributed by atoms with Gasteiger partial charge in [0.25, 0.3) is 0 Å². The van der Waals surface area contributed by atoms with Gasteiger partial charge in [-0.1, -0.05) is 12.1 Å². The van der Waals surface area contributed by atoms with Crippen molar-refractivity contribution in [2.24, 2.45) is 0 Å². The summed E-state index contributed by atoms with van der Waals surface area (Å²) < 4.78 is 19.0. The van der Waals surface area contributed by atoms with E-state index in [1.807, 2.05) is 6.20 Å². The second-order valence-corrected chi connectivity index (χ2v) is 5.90. The third-order valence-electron chi connectivity index (χ3n) is 4.22. The maximum Gasteiger partial charge on any atom is 0.165 e. The minimum atomic E-state index is -0.298. The molecule has 23 heavy (non-hydrogen) atoms. The molecule has 1 aliphatic rings. The number of ether oxygens (including phenoxy) is 1. The van der Waals surface area contributed by atoms with Crippen molar-refractivity contribution < 1.29 is 9.13 Å². The summed E-state index contributed by atoms with van der Waals surface area (Å²) >= 11 is 0. The molecule has 4 nitrogen and oxygen atoms in total. The predicted octanol–water partition coefficient (Wildman–Crippen LogP) is 3.26. The Balaban J connectivity index is 1.43. The van der Waals surface area contributed by atoms with Crippen molar-refractivity contribution in [3.63, 3.8) is 0 Å². The molecule has 122 valence electrons. The molecule has 0 saturated carbocycles. The first kappa shape index (κ1) is 15.9. The normalized spacial score (nSPS) is 18.7. The van der Waals surface area contributed by atoms with Crippen molar-refractivity contribution in [2.45, 2.75) is 25.2 Å². The third kappa shape index (κ3) is 4.48. The van der Waals surface area contributed by atoms with Crippen molar-refractivity contribution in [3.8, 4) is 5.75 Å². The molecule has 1 aliphatic heterocycles. The number of hydrogen-bond acceptors (Lipinski definition) is 4. The van der Waals surface area contributed by atoms with E-state index < -0.39 is 0 Å². The van der Waals surface area contributed by atoms with E-state index in [0.29, 0.717) is 18.3 Å². The van der Waals surface area contributed by atoms with Crippen LogP contribution in [-0.4, -0.2) is 41.1 Å². The zero-order chi connectivity index (χ0) is 15.9. The van der Waals surface area contributed by atoms with Gasteiger partial charge in [-0.2, -0.15) is 0 Å². The molecular formula is C18H22FN3O. The lowest BCUT2D eigenvalue weighted by atomic mass is 9.95. The second-order valence-electron chi connectivity index (χ2n) is 5.90. The van der Waals surface area contributed by atoms with Crippen LogP contribution in [0, 0.1) is 5.82 Å². The smallest absolute Gasteiger partial charge is 0.165 e. The number of halogens is 1. The summed E-state index contributed by atoms with van der Waals surface area (Å²) in [5, 5.41) is 0. The van der Waals surface area contributed by atoms with Crippen LogP contribution in [0.2, 0.25) is 0 Å².